The van der Waals surface area contributed by atoms with Crippen LogP contribution >= 0.6 is 0 Å². The summed E-state index contributed by atoms with van der Waals surface area (Å²) in [6, 6.07) is 9.73. The van der Waals surface area contributed by atoms with Crippen LogP contribution in [0.15, 0.2) is 76.0 Å². The lowest BCUT2D eigenvalue weighted by Gasteiger charge is -2.68. The van der Waals surface area contributed by atoms with Crippen LogP contribution in [0.3, 0.4) is 0 Å². The summed E-state index contributed by atoms with van der Waals surface area (Å²) in [6.07, 6.45) is 8.65. The molecule has 6 aliphatic carbocycles. The van der Waals surface area contributed by atoms with Crippen molar-refractivity contribution in [3.05, 3.63) is 76.6 Å². The van der Waals surface area contributed by atoms with Crippen LogP contribution in [0.5, 0.6) is 0 Å². The number of guanidine groups is 1. The second-order valence-electron chi connectivity index (χ2n) is 18.8. The largest absolute Gasteiger partial charge is 0.509 e. The van der Waals surface area contributed by atoms with E-state index in [9.17, 15) is 35.1 Å². The molecule has 296 valence electrons. The second-order valence-corrected chi connectivity index (χ2v) is 18.8. The number of aliphatic imine (C=N–C) groups is 1. The highest BCUT2D eigenvalue weighted by Gasteiger charge is 2.79. The summed E-state index contributed by atoms with van der Waals surface area (Å²) in [5, 5.41) is 60.3. The normalized spacial score (nSPS) is 41.5. The Morgan fingerprint density at radius 1 is 1.00 bits per heavy atom. The standard InChI is InChI=1S/C44H57N3O8/c1-24(29(23-47-37(45)46)44(55)17-10-13-26(35(44)50)36(51)52)28-21-42(53)19-20-43(54)27(15-14-25-11-8-7-9-12-25)33-38(2,3)31(49)16-18-39(33,4)32-30(48)22-40(28,5)41(42,6)34(32)43/h7-9,11-12,14-15,19-20,24,27-29,33,50,53-55H,10,13,16-18,21-23H2,1-6H3,(H,51,52)(H4,45,46,47). The number of aliphatic hydroxyl groups is 4. The Morgan fingerprint density at radius 2 is 1.67 bits per heavy atom. The van der Waals surface area contributed by atoms with E-state index in [-0.39, 0.29) is 61.7 Å². The van der Waals surface area contributed by atoms with Crippen LogP contribution in [0.25, 0.3) is 6.08 Å². The van der Waals surface area contributed by atoms with Gasteiger partial charge in [-0.25, -0.2) is 4.79 Å². The number of fused-ring (bicyclic) bond motifs is 2. The van der Waals surface area contributed by atoms with Crippen molar-refractivity contribution < 1.29 is 39.9 Å². The lowest BCUT2D eigenvalue weighted by Crippen LogP contribution is -2.69. The van der Waals surface area contributed by atoms with Crippen LogP contribution in [0.4, 0.5) is 0 Å². The van der Waals surface area contributed by atoms with Gasteiger partial charge in [-0.3, -0.25) is 14.6 Å². The molecular formula is C44H57N3O8. The highest BCUT2D eigenvalue weighted by molar-refractivity contribution is 6.02. The summed E-state index contributed by atoms with van der Waals surface area (Å²) < 4.78 is 0. The van der Waals surface area contributed by atoms with E-state index >= 15 is 4.79 Å². The first-order valence-corrected chi connectivity index (χ1v) is 19.7. The monoisotopic (exact) mass is 755 g/mol. The van der Waals surface area contributed by atoms with E-state index in [1.165, 1.54) is 0 Å². The van der Waals surface area contributed by atoms with Crippen molar-refractivity contribution in [1.29, 1.82) is 0 Å². The molecule has 0 heterocycles. The maximum absolute atomic E-state index is 15.2. The molecule has 0 amide bonds. The topological polar surface area (TPSA) is 217 Å². The van der Waals surface area contributed by atoms with Gasteiger partial charge in [0.1, 0.15) is 22.7 Å². The molecule has 2 fully saturated rings. The van der Waals surface area contributed by atoms with Gasteiger partial charge in [-0.1, -0.05) is 90.1 Å². The Balaban J connectivity index is 1.44. The van der Waals surface area contributed by atoms with Crippen molar-refractivity contribution in [3.8, 4) is 0 Å². The lowest BCUT2D eigenvalue weighted by atomic mass is 9.36. The van der Waals surface area contributed by atoms with Gasteiger partial charge in [0.2, 0.25) is 0 Å². The van der Waals surface area contributed by atoms with Crippen LogP contribution in [-0.4, -0.2) is 72.4 Å². The molecule has 0 spiro atoms. The van der Waals surface area contributed by atoms with Gasteiger partial charge in [0.15, 0.2) is 11.7 Å². The van der Waals surface area contributed by atoms with Crippen LogP contribution in [0, 0.1) is 51.2 Å². The maximum atomic E-state index is 15.2. The van der Waals surface area contributed by atoms with Crippen molar-refractivity contribution in [1.82, 2.24) is 0 Å². The summed E-state index contributed by atoms with van der Waals surface area (Å²) in [4.78, 5) is 45.4. The van der Waals surface area contributed by atoms with Gasteiger partial charge < -0.3 is 37.0 Å². The van der Waals surface area contributed by atoms with Gasteiger partial charge in [-0.15, -0.1) is 0 Å². The quantitative estimate of drug-likeness (QED) is 0.107. The van der Waals surface area contributed by atoms with E-state index in [4.69, 9.17) is 11.5 Å². The lowest BCUT2D eigenvalue weighted by molar-refractivity contribution is -0.162. The number of nitrogens with zero attached hydrogens (tertiary/aromatic N) is 1. The van der Waals surface area contributed by atoms with Gasteiger partial charge in [0, 0.05) is 53.0 Å². The molecule has 9 N–H and O–H groups in total. The Bertz CT molecular complexity index is 2000. The van der Waals surface area contributed by atoms with E-state index in [2.05, 4.69) is 11.9 Å². The number of carboxylic acids is 1. The predicted octanol–water partition coefficient (Wildman–Crippen LogP) is 5.01. The number of benzene rings is 1. The van der Waals surface area contributed by atoms with E-state index in [1.807, 2.05) is 77.1 Å². The van der Waals surface area contributed by atoms with E-state index in [0.717, 1.165) is 5.56 Å². The number of carboxylic acid groups (broad SMARTS) is 1. The van der Waals surface area contributed by atoms with Crippen molar-refractivity contribution in [2.45, 2.75) is 103 Å². The number of rotatable bonds is 8. The number of hydrogen-bond donors (Lipinski definition) is 7. The average Bonchev–Trinajstić information content (AvgIpc) is 3.29. The molecule has 2 saturated carbocycles. The maximum Gasteiger partial charge on any atom is 0.335 e. The van der Waals surface area contributed by atoms with E-state index < -0.39 is 79.8 Å². The molecule has 55 heavy (non-hydrogen) atoms. The number of aliphatic hydroxyl groups excluding tert-OH is 1. The SMILES string of the molecule is CC(C(CN=C(N)N)C1(O)CCCC(C(=O)O)=C1O)C1CC2(O)C=CC3(O)C4=C(C(=O)CC1(C)C42C)C1(C)CCC(=O)C(C)(C)C1C3C=Cc1ccccc1. The summed E-state index contributed by atoms with van der Waals surface area (Å²) in [7, 11) is 0. The molecule has 0 aliphatic heterocycles. The van der Waals surface area contributed by atoms with Crippen LogP contribution in [0.2, 0.25) is 0 Å². The Morgan fingerprint density at radius 3 is 2.31 bits per heavy atom. The fourth-order valence-electron chi connectivity index (χ4n) is 13.2. The van der Waals surface area contributed by atoms with Crippen molar-refractivity contribution in [2.24, 2.45) is 67.7 Å². The zero-order valence-electron chi connectivity index (χ0n) is 32.8. The molecule has 0 saturated heterocycles. The fourth-order valence-corrected chi connectivity index (χ4v) is 13.2. The molecule has 11 heteroatoms. The van der Waals surface area contributed by atoms with E-state index in [0.29, 0.717) is 24.0 Å². The molecule has 0 aromatic heterocycles. The third kappa shape index (κ3) is 5.11. The van der Waals surface area contributed by atoms with Crippen LogP contribution in [0.1, 0.15) is 92.1 Å². The number of allylic oxidation sites excluding steroid dienone is 1. The van der Waals surface area contributed by atoms with Crippen molar-refractivity contribution in [2.75, 3.05) is 6.54 Å². The predicted molar refractivity (Wildman–Crippen MR) is 208 cm³/mol. The number of Topliss-reactive ketones (excluding diaryl/α,β-unsaturated/α-hetero) is 2. The summed E-state index contributed by atoms with van der Waals surface area (Å²) >= 11 is 0. The van der Waals surface area contributed by atoms with Crippen molar-refractivity contribution >= 4 is 29.6 Å². The Labute approximate surface area is 323 Å². The zero-order valence-corrected chi connectivity index (χ0v) is 32.8. The third-order valence-corrected chi connectivity index (χ3v) is 16.0. The van der Waals surface area contributed by atoms with E-state index in [1.54, 1.807) is 12.2 Å². The fraction of sp³-hybridized carbons (Fsp3) is 0.591. The smallest absolute Gasteiger partial charge is 0.335 e. The molecule has 1 aromatic rings. The van der Waals surface area contributed by atoms with Crippen LogP contribution in [-0.2, 0) is 14.4 Å². The molecule has 0 bridgehead atoms. The first kappa shape index (κ1) is 39.2. The highest BCUT2D eigenvalue weighted by atomic mass is 16.4. The minimum Gasteiger partial charge on any atom is -0.509 e. The van der Waals surface area contributed by atoms with Gasteiger partial charge in [-0.05, 0) is 72.5 Å². The molecular weight excluding hydrogens is 698 g/mol. The third-order valence-electron chi connectivity index (χ3n) is 16.0. The first-order chi connectivity index (χ1) is 25.5. The number of carbonyl (C=O) groups is 3. The molecule has 11 atom stereocenters. The molecule has 11 nitrogen and oxygen atoms in total. The number of aliphatic carboxylic acids is 1. The van der Waals surface area contributed by atoms with Gasteiger partial charge in [0.05, 0.1) is 11.2 Å². The van der Waals surface area contributed by atoms with Crippen molar-refractivity contribution in [3.63, 3.8) is 0 Å². The Hall–Kier alpha value is -4.06. The number of carbonyl (C=O) groups excluding carboxylic acids is 2. The number of hydrogen-bond acceptors (Lipinski definition) is 8. The summed E-state index contributed by atoms with van der Waals surface area (Å²) in [5.74, 6) is -5.32. The minimum absolute atomic E-state index is 0.0282. The van der Waals surface area contributed by atoms with Gasteiger partial charge in [-0.2, -0.15) is 0 Å². The van der Waals surface area contributed by atoms with Crippen LogP contribution < -0.4 is 11.5 Å². The highest BCUT2D eigenvalue weighted by Crippen LogP contribution is 2.78. The van der Waals surface area contributed by atoms with Gasteiger partial charge in [0.25, 0.3) is 0 Å². The number of nitrogens with two attached hydrogens (primary N) is 2. The molecule has 11 unspecified atom stereocenters. The molecule has 7 rings (SSSR count). The molecule has 6 aliphatic rings. The van der Waals surface area contributed by atoms with Gasteiger partial charge >= 0.3 is 5.97 Å². The summed E-state index contributed by atoms with van der Waals surface area (Å²) in [6.45, 7) is 11.6. The minimum atomic E-state index is -2.00. The summed E-state index contributed by atoms with van der Waals surface area (Å²) in [5.41, 5.74) is 4.05. The molecule has 0 radical (unpaired) electrons. The molecule has 1 aromatic carbocycles. The average molecular weight is 756 g/mol. The second kappa shape index (κ2) is 12.5. The Kier molecular flexibility index (Phi) is 8.88. The zero-order chi connectivity index (χ0) is 40.3. The number of ketones is 2. The first-order valence-electron chi connectivity index (χ1n) is 19.7.